The second-order valence-corrected chi connectivity index (χ2v) is 8.54. The largest absolute Gasteiger partial charge is 0.379 e. The van der Waals surface area contributed by atoms with E-state index >= 15 is 0 Å². The first-order valence-corrected chi connectivity index (χ1v) is 11.1. The molecular formula is C26H31N3O4. The molecule has 7 nitrogen and oxygen atoms in total. The molecule has 0 aromatic heterocycles. The Hall–Kier alpha value is -3.45. The van der Waals surface area contributed by atoms with Crippen molar-refractivity contribution in [3.8, 4) is 0 Å². The van der Waals surface area contributed by atoms with Crippen LogP contribution in [-0.4, -0.2) is 41.9 Å². The Morgan fingerprint density at radius 3 is 2.18 bits per heavy atom. The van der Waals surface area contributed by atoms with E-state index in [1.165, 1.54) is 11.8 Å². The molecule has 2 N–H and O–H groups in total. The number of nitrogens with one attached hydrogen (secondary N) is 2. The van der Waals surface area contributed by atoms with Crippen molar-refractivity contribution in [3.05, 3.63) is 64.9 Å². The van der Waals surface area contributed by atoms with Gasteiger partial charge in [-0.1, -0.05) is 18.2 Å². The number of amides is 3. The number of hydrogen-bond acceptors (Lipinski definition) is 5. The molecule has 0 aliphatic carbocycles. The average Bonchev–Trinajstić information content (AvgIpc) is 2.94. The summed E-state index contributed by atoms with van der Waals surface area (Å²) < 4.78 is 5.56. The summed E-state index contributed by atoms with van der Waals surface area (Å²) in [5.41, 5.74) is 4.66. The van der Waals surface area contributed by atoms with E-state index in [0.29, 0.717) is 29.9 Å². The summed E-state index contributed by atoms with van der Waals surface area (Å²) in [4.78, 5) is 39.2. The minimum atomic E-state index is -0.357. The first-order valence-electron chi connectivity index (χ1n) is 11.1. The standard InChI is InChI=1S/C26H31N3O4/c1-16(2)33-12-6-11-29-25(31)23(20-7-9-21(10-8-20)27-19(5)30)24(26(29)32)28-22-14-17(3)13-18(4)15-22/h7-10,13-16,28H,6,11-12H2,1-5H3,(H,27,30). The van der Waals surface area contributed by atoms with Crippen LogP contribution >= 0.6 is 0 Å². The predicted molar refractivity (Wildman–Crippen MR) is 130 cm³/mol. The van der Waals surface area contributed by atoms with E-state index in [2.05, 4.69) is 10.6 Å². The highest BCUT2D eigenvalue weighted by Gasteiger charge is 2.38. The maximum atomic E-state index is 13.3. The van der Waals surface area contributed by atoms with Crippen molar-refractivity contribution < 1.29 is 19.1 Å². The fourth-order valence-electron chi connectivity index (χ4n) is 3.82. The quantitative estimate of drug-likeness (QED) is 0.441. The van der Waals surface area contributed by atoms with Gasteiger partial charge in [-0.15, -0.1) is 0 Å². The van der Waals surface area contributed by atoms with E-state index in [0.717, 1.165) is 16.8 Å². The fourth-order valence-corrected chi connectivity index (χ4v) is 3.82. The van der Waals surface area contributed by atoms with Crippen LogP contribution in [0.3, 0.4) is 0 Å². The molecule has 0 radical (unpaired) electrons. The lowest BCUT2D eigenvalue weighted by Crippen LogP contribution is -2.34. The minimum absolute atomic E-state index is 0.0904. The summed E-state index contributed by atoms with van der Waals surface area (Å²) in [6.45, 7) is 10.0. The molecule has 0 saturated heterocycles. The summed E-state index contributed by atoms with van der Waals surface area (Å²) in [7, 11) is 0. The van der Waals surface area contributed by atoms with Crippen LogP contribution in [0.15, 0.2) is 48.2 Å². The van der Waals surface area contributed by atoms with Gasteiger partial charge in [0.1, 0.15) is 5.70 Å². The van der Waals surface area contributed by atoms with Crippen molar-refractivity contribution in [1.82, 2.24) is 4.90 Å². The van der Waals surface area contributed by atoms with Crippen molar-refractivity contribution in [2.45, 2.75) is 47.1 Å². The highest BCUT2D eigenvalue weighted by Crippen LogP contribution is 2.31. The number of benzene rings is 2. The van der Waals surface area contributed by atoms with Crippen molar-refractivity contribution >= 4 is 34.7 Å². The molecule has 7 heteroatoms. The number of carbonyl (C=O) groups excluding carboxylic acids is 3. The lowest BCUT2D eigenvalue weighted by Gasteiger charge is -2.16. The van der Waals surface area contributed by atoms with E-state index in [1.54, 1.807) is 24.3 Å². The number of carbonyl (C=O) groups is 3. The van der Waals surface area contributed by atoms with E-state index < -0.39 is 0 Å². The van der Waals surface area contributed by atoms with Crippen LogP contribution in [0, 0.1) is 13.8 Å². The monoisotopic (exact) mass is 449 g/mol. The Balaban J connectivity index is 1.93. The van der Waals surface area contributed by atoms with Gasteiger partial charge in [0.05, 0.1) is 11.7 Å². The summed E-state index contributed by atoms with van der Waals surface area (Å²) in [5, 5.41) is 5.91. The molecule has 1 heterocycles. The Kier molecular flexibility index (Phi) is 7.66. The molecule has 0 fully saturated rings. The van der Waals surface area contributed by atoms with Crippen molar-refractivity contribution in [2.75, 3.05) is 23.8 Å². The lowest BCUT2D eigenvalue weighted by molar-refractivity contribution is -0.137. The number of ether oxygens (including phenoxy) is 1. The van der Waals surface area contributed by atoms with Crippen LogP contribution in [-0.2, 0) is 19.1 Å². The van der Waals surface area contributed by atoms with E-state index in [4.69, 9.17) is 4.74 Å². The normalized spacial score (nSPS) is 13.8. The molecule has 1 aliphatic rings. The van der Waals surface area contributed by atoms with E-state index in [-0.39, 0.29) is 36.1 Å². The van der Waals surface area contributed by atoms with Gasteiger partial charge in [-0.3, -0.25) is 19.3 Å². The van der Waals surface area contributed by atoms with Gasteiger partial charge in [0.15, 0.2) is 0 Å². The lowest BCUT2D eigenvalue weighted by atomic mass is 10.0. The van der Waals surface area contributed by atoms with Gasteiger partial charge >= 0.3 is 0 Å². The zero-order chi connectivity index (χ0) is 24.1. The second kappa shape index (κ2) is 10.4. The summed E-state index contributed by atoms with van der Waals surface area (Å²) in [6, 6.07) is 12.8. The zero-order valence-corrected chi connectivity index (χ0v) is 19.8. The van der Waals surface area contributed by atoms with Crippen LogP contribution < -0.4 is 10.6 Å². The summed E-state index contributed by atoms with van der Waals surface area (Å²) in [5.74, 6) is -0.880. The molecule has 3 amide bonds. The fraction of sp³-hybridized carbons (Fsp3) is 0.346. The van der Waals surface area contributed by atoms with E-state index in [1.807, 2.05) is 45.9 Å². The number of anilines is 2. The van der Waals surface area contributed by atoms with Crippen LogP contribution in [0.5, 0.6) is 0 Å². The van der Waals surface area contributed by atoms with Crippen LogP contribution in [0.4, 0.5) is 11.4 Å². The third kappa shape index (κ3) is 6.08. The van der Waals surface area contributed by atoms with Crippen molar-refractivity contribution in [2.24, 2.45) is 0 Å². The summed E-state index contributed by atoms with van der Waals surface area (Å²) in [6.07, 6.45) is 0.647. The molecular weight excluding hydrogens is 418 g/mol. The SMILES string of the molecule is CC(=O)Nc1ccc(C2=C(Nc3cc(C)cc(C)c3)C(=O)N(CCCOC(C)C)C2=O)cc1. The molecule has 0 saturated carbocycles. The van der Waals surface area contributed by atoms with E-state index in [9.17, 15) is 14.4 Å². The minimum Gasteiger partial charge on any atom is -0.379 e. The Labute approximate surface area is 194 Å². The number of aryl methyl sites for hydroxylation is 2. The van der Waals surface area contributed by atoms with Gasteiger partial charge < -0.3 is 15.4 Å². The van der Waals surface area contributed by atoms with Gasteiger partial charge in [-0.2, -0.15) is 0 Å². The molecule has 174 valence electrons. The Morgan fingerprint density at radius 2 is 1.61 bits per heavy atom. The third-order valence-corrected chi connectivity index (χ3v) is 5.13. The van der Waals surface area contributed by atoms with Gasteiger partial charge in [0, 0.05) is 31.5 Å². The van der Waals surface area contributed by atoms with Crippen LogP contribution in [0.1, 0.15) is 43.9 Å². The maximum Gasteiger partial charge on any atom is 0.278 e. The maximum absolute atomic E-state index is 13.3. The van der Waals surface area contributed by atoms with Gasteiger partial charge in [0.25, 0.3) is 11.8 Å². The first kappa shape index (κ1) is 24.2. The highest BCUT2D eigenvalue weighted by atomic mass is 16.5. The first-order chi connectivity index (χ1) is 15.7. The number of imide groups is 1. The van der Waals surface area contributed by atoms with Crippen molar-refractivity contribution in [1.29, 1.82) is 0 Å². The third-order valence-electron chi connectivity index (χ3n) is 5.13. The molecule has 0 atom stereocenters. The molecule has 0 bridgehead atoms. The molecule has 1 aliphatic heterocycles. The predicted octanol–water partition coefficient (Wildman–Crippen LogP) is 4.27. The second-order valence-electron chi connectivity index (χ2n) is 8.54. The molecule has 0 spiro atoms. The molecule has 2 aromatic rings. The zero-order valence-electron chi connectivity index (χ0n) is 19.8. The number of rotatable bonds is 9. The molecule has 3 rings (SSSR count). The average molecular weight is 450 g/mol. The van der Waals surface area contributed by atoms with Gasteiger partial charge in [-0.05, 0) is 75.1 Å². The van der Waals surface area contributed by atoms with Crippen molar-refractivity contribution in [3.63, 3.8) is 0 Å². The Morgan fingerprint density at radius 1 is 0.970 bits per heavy atom. The molecule has 33 heavy (non-hydrogen) atoms. The van der Waals surface area contributed by atoms with Crippen LogP contribution in [0.25, 0.3) is 5.57 Å². The molecule has 0 unspecified atom stereocenters. The van der Waals surface area contributed by atoms with Gasteiger partial charge in [-0.25, -0.2) is 0 Å². The Bertz CT molecular complexity index is 1070. The topological polar surface area (TPSA) is 87.7 Å². The smallest absolute Gasteiger partial charge is 0.278 e. The number of nitrogens with zero attached hydrogens (tertiary/aromatic N) is 1. The van der Waals surface area contributed by atoms with Crippen LogP contribution in [0.2, 0.25) is 0 Å². The molecule has 2 aromatic carbocycles. The van der Waals surface area contributed by atoms with Gasteiger partial charge in [0.2, 0.25) is 5.91 Å². The summed E-state index contributed by atoms with van der Waals surface area (Å²) >= 11 is 0. The number of hydrogen-bond donors (Lipinski definition) is 2. The highest BCUT2D eigenvalue weighted by molar-refractivity contribution is 6.36.